The van der Waals surface area contributed by atoms with Crippen LogP contribution in [-0.4, -0.2) is 49.9 Å². The number of thiophene rings is 1. The molecule has 4 atom stereocenters. The van der Waals surface area contributed by atoms with Gasteiger partial charge >= 0.3 is 0 Å². The lowest BCUT2D eigenvalue weighted by Crippen LogP contribution is -2.36. The van der Waals surface area contributed by atoms with Gasteiger partial charge in [-0.3, -0.25) is 4.79 Å². The van der Waals surface area contributed by atoms with E-state index in [-0.39, 0.29) is 11.9 Å². The highest BCUT2D eigenvalue weighted by Crippen LogP contribution is 2.41. The Hall–Kier alpha value is -1.73. The van der Waals surface area contributed by atoms with E-state index in [1.165, 1.54) is 11.2 Å². The fraction of sp³-hybridized carbons (Fsp3) is 0.611. The minimum Gasteiger partial charge on any atom is -0.391 e. The number of aromatic nitrogens is 3. The SMILES string of the molecule is O=C(CCCc1cccs1)N1C[C@H]2C[C@@H](n3cncn3)[C@H](O)C[C@H]2C1. The average molecular weight is 360 g/mol. The van der Waals surface area contributed by atoms with E-state index in [0.29, 0.717) is 18.3 Å². The second-order valence-electron chi connectivity index (χ2n) is 7.23. The quantitative estimate of drug-likeness (QED) is 0.887. The van der Waals surface area contributed by atoms with Crippen LogP contribution in [0.25, 0.3) is 0 Å². The van der Waals surface area contributed by atoms with E-state index in [1.54, 1.807) is 22.3 Å². The summed E-state index contributed by atoms with van der Waals surface area (Å²) in [5, 5.41) is 16.7. The highest BCUT2D eigenvalue weighted by atomic mass is 32.1. The Morgan fingerprint density at radius 1 is 1.32 bits per heavy atom. The number of likely N-dealkylation sites (tertiary alicyclic amines) is 1. The highest BCUT2D eigenvalue weighted by molar-refractivity contribution is 7.09. The third kappa shape index (κ3) is 3.62. The molecule has 0 bridgehead atoms. The Labute approximate surface area is 151 Å². The molecule has 2 aromatic heterocycles. The van der Waals surface area contributed by atoms with Gasteiger partial charge in [-0.05, 0) is 49.0 Å². The van der Waals surface area contributed by atoms with E-state index in [4.69, 9.17) is 0 Å². The molecule has 1 aliphatic heterocycles. The van der Waals surface area contributed by atoms with E-state index < -0.39 is 6.10 Å². The summed E-state index contributed by atoms with van der Waals surface area (Å²) in [5.74, 6) is 1.13. The number of carbonyl (C=O) groups excluding carboxylic acids is 1. The molecule has 2 fully saturated rings. The summed E-state index contributed by atoms with van der Waals surface area (Å²) in [6.07, 6.45) is 6.91. The Bertz CT molecular complexity index is 688. The highest BCUT2D eigenvalue weighted by Gasteiger charge is 2.43. The molecule has 134 valence electrons. The van der Waals surface area contributed by atoms with Gasteiger partial charge in [-0.15, -0.1) is 11.3 Å². The number of aryl methyl sites for hydroxylation is 1. The maximum absolute atomic E-state index is 12.5. The van der Waals surface area contributed by atoms with Crippen molar-refractivity contribution < 1.29 is 9.90 Å². The Kier molecular flexibility index (Phi) is 4.85. The van der Waals surface area contributed by atoms with Gasteiger partial charge in [0.15, 0.2) is 0 Å². The van der Waals surface area contributed by atoms with Gasteiger partial charge in [-0.1, -0.05) is 6.07 Å². The molecule has 7 heteroatoms. The molecular weight excluding hydrogens is 336 g/mol. The van der Waals surface area contributed by atoms with Gasteiger partial charge in [0.05, 0.1) is 12.1 Å². The first-order valence-corrected chi connectivity index (χ1v) is 9.91. The second kappa shape index (κ2) is 7.25. The summed E-state index contributed by atoms with van der Waals surface area (Å²) in [7, 11) is 0. The zero-order valence-corrected chi connectivity index (χ0v) is 15.0. The first-order valence-electron chi connectivity index (χ1n) is 9.03. The van der Waals surface area contributed by atoms with Crippen molar-refractivity contribution >= 4 is 17.2 Å². The van der Waals surface area contributed by atoms with Crippen molar-refractivity contribution in [3.05, 3.63) is 35.0 Å². The van der Waals surface area contributed by atoms with Crippen LogP contribution in [0.15, 0.2) is 30.2 Å². The Morgan fingerprint density at radius 3 is 2.88 bits per heavy atom. The molecule has 0 radical (unpaired) electrons. The first kappa shape index (κ1) is 16.7. The molecule has 6 nitrogen and oxygen atoms in total. The maximum atomic E-state index is 12.5. The second-order valence-corrected chi connectivity index (χ2v) is 8.27. The van der Waals surface area contributed by atoms with Gasteiger partial charge in [0.2, 0.25) is 5.91 Å². The van der Waals surface area contributed by atoms with Crippen LogP contribution in [0, 0.1) is 11.8 Å². The maximum Gasteiger partial charge on any atom is 0.222 e. The van der Waals surface area contributed by atoms with Crippen molar-refractivity contribution in [2.45, 2.75) is 44.2 Å². The summed E-state index contributed by atoms with van der Waals surface area (Å²) < 4.78 is 1.77. The van der Waals surface area contributed by atoms with Crippen LogP contribution in [0.1, 0.15) is 36.6 Å². The summed E-state index contributed by atoms with van der Waals surface area (Å²) in [6.45, 7) is 1.62. The van der Waals surface area contributed by atoms with Gasteiger partial charge in [-0.25, -0.2) is 9.67 Å². The van der Waals surface area contributed by atoms with Gasteiger partial charge in [0.1, 0.15) is 12.7 Å². The van der Waals surface area contributed by atoms with E-state index in [1.807, 2.05) is 4.90 Å². The third-order valence-electron chi connectivity index (χ3n) is 5.63. The van der Waals surface area contributed by atoms with Crippen molar-refractivity contribution in [2.24, 2.45) is 11.8 Å². The lowest BCUT2D eigenvalue weighted by atomic mass is 9.77. The number of rotatable bonds is 5. The molecule has 1 N–H and O–H groups in total. The molecule has 2 aromatic rings. The summed E-state index contributed by atoms with van der Waals surface area (Å²) in [6, 6.07) is 4.17. The standard InChI is InChI=1S/C18H24N4O2S/c23-17-8-14-10-21(18(24)5-1-3-15-4-2-6-25-15)9-13(14)7-16(17)22-12-19-11-20-22/h2,4,6,11-14,16-17,23H,1,3,5,7-10H2/t13-,14+,16-,17-/m1/s1. The minimum absolute atomic E-state index is 0.0161. The molecule has 1 amide bonds. The Morgan fingerprint density at radius 2 is 2.16 bits per heavy atom. The largest absolute Gasteiger partial charge is 0.391 e. The molecule has 0 unspecified atom stereocenters. The van der Waals surface area contributed by atoms with Gasteiger partial charge in [0.25, 0.3) is 0 Å². The monoisotopic (exact) mass is 360 g/mol. The van der Waals surface area contributed by atoms with E-state index >= 15 is 0 Å². The van der Waals surface area contributed by atoms with Crippen molar-refractivity contribution in [1.82, 2.24) is 19.7 Å². The van der Waals surface area contributed by atoms with Crippen LogP contribution in [-0.2, 0) is 11.2 Å². The lowest BCUT2D eigenvalue weighted by Gasteiger charge is -2.34. The van der Waals surface area contributed by atoms with Crippen LogP contribution in [0.4, 0.5) is 0 Å². The molecule has 3 heterocycles. The van der Waals surface area contributed by atoms with E-state index in [9.17, 15) is 9.90 Å². The van der Waals surface area contributed by atoms with Crippen LogP contribution in [0.2, 0.25) is 0 Å². The summed E-state index contributed by atoms with van der Waals surface area (Å²) >= 11 is 1.76. The van der Waals surface area contributed by atoms with Crippen molar-refractivity contribution in [2.75, 3.05) is 13.1 Å². The molecular formula is C18H24N4O2S. The number of hydrogen-bond donors (Lipinski definition) is 1. The predicted molar refractivity (Wildman–Crippen MR) is 95.1 cm³/mol. The first-order chi connectivity index (χ1) is 12.2. The number of hydrogen-bond acceptors (Lipinski definition) is 5. The predicted octanol–water partition coefficient (Wildman–Crippen LogP) is 2.13. The summed E-state index contributed by atoms with van der Waals surface area (Å²) in [5.41, 5.74) is 0. The molecule has 2 aliphatic rings. The topological polar surface area (TPSA) is 71.2 Å². The number of nitrogens with zero attached hydrogens (tertiary/aromatic N) is 4. The van der Waals surface area contributed by atoms with Gasteiger partial charge < -0.3 is 10.0 Å². The molecule has 0 spiro atoms. The fourth-order valence-corrected chi connectivity index (χ4v) is 5.06. The zero-order chi connectivity index (χ0) is 17.2. The van der Waals surface area contributed by atoms with E-state index in [0.717, 1.165) is 38.8 Å². The number of aliphatic hydroxyl groups is 1. The number of aliphatic hydroxyl groups excluding tert-OH is 1. The number of carbonyl (C=O) groups is 1. The van der Waals surface area contributed by atoms with Gasteiger partial charge in [0, 0.05) is 24.4 Å². The van der Waals surface area contributed by atoms with Crippen LogP contribution in [0.3, 0.4) is 0 Å². The normalized spacial score (nSPS) is 28.9. The smallest absolute Gasteiger partial charge is 0.222 e. The minimum atomic E-state index is -0.406. The molecule has 1 aliphatic carbocycles. The van der Waals surface area contributed by atoms with Crippen LogP contribution < -0.4 is 0 Å². The van der Waals surface area contributed by atoms with E-state index in [2.05, 4.69) is 27.6 Å². The number of amides is 1. The molecule has 4 rings (SSSR count). The number of fused-ring (bicyclic) bond motifs is 1. The molecule has 1 saturated carbocycles. The van der Waals surface area contributed by atoms with Crippen molar-refractivity contribution in [3.8, 4) is 0 Å². The summed E-state index contributed by atoms with van der Waals surface area (Å²) in [4.78, 5) is 19.9. The lowest BCUT2D eigenvalue weighted by molar-refractivity contribution is -0.130. The average Bonchev–Trinajstić information content (AvgIpc) is 3.35. The fourth-order valence-electron chi connectivity index (χ4n) is 4.31. The molecule has 0 aromatic carbocycles. The molecule has 1 saturated heterocycles. The molecule has 25 heavy (non-hydrogen) atoms. The zero-order valence-electron chi connectivity index (χ0n) is 14.2. The van der Waals surface area contributed by atoms with Crippen LogP contribution in [0.5, 0.6) is 0 Å². The van der Waals surface area contributed by atoms with Crippen molar-refractivity contribution in [3.63, 3.8) is 0 Å². The third-order valence-corrected chi connectivity index (χ3v) is 6.57. The van der Waals surface area contributed by atoms with Gasteiger partial charge in [-0.2, -0.15) is 5.10 Å². The van der Waals surface area contributed by atoms with Crippen LogP contribution >= 0.6 is 11.3 Å². The van der Waals surface area contributed by atoms with Crippen molar-refractivity contribution in [1.29, 1.82) is 0 Å². The Balaban J connectivity index is 1.30.